The summed E-state index contributed by atoms with van der Waals surface area (Å²) < 4.78 is 33.6. The number of aryl methyl sites for hydroxylation is 1. The van der Waals surface area contributed by atoms with E-state index in [4.69, 9.17) is 27.9 Å². The van der Waals surface area contributed by atoms with Crippen LogP contribution in [0.15, 0.2) is 58.8 Å². The number of ether oxygens (including phenoxy) is 1. The Morgan fingerprint density at radius 3 is 2.74 bits per heavy atom. The number of halogens is 2. The lowest BCUT2D eigenvalue weighted by atomic mass is 9.79. The van der Waals surface area contributed by atoms with Gasteiger partial charge in [-0.2, -0.15) is 0 Å². The molecule has 0 fully saturated rings. The van der Waals surface area contributed by atoms with Crippen LogP contribution in [0.5, 0.6) is 5.75 Å². The van der Waals surface area contributed by atoms with Crippen molar-refractivity contribution < 1.29 is 13.2 Å². The summed E-state index contributed by atoms with van der Waals surface area (Å²) in [5.41, 5.74) is 3.91. The molecule has 0 spiro atoms. The molecule has 3 aromatic rings. The van der Waals surface area contributed by atoms with E-state index >= 15 is 0 Å². The van der Waals surface area contributed by atoms with E-state index in [0.29, 0.717) is 10.3 Å². The highest BCUT2D eigenvalue weighted by atomic mass is 35.5. The maximum absolute atomic E-state index is 12.3. The number of nitrogens with one attached hydrogen (secondary N) is 1. The quantitative estimate of drug-likeness (QED) is 0.385. The zero-order valence-electron chi connectivity index (χ0n) is 16.8. The lowest BCUT2D eigenvalue weighted by Crippen LogP contribution is -2.27. The van der Waals surface area contributed by atoms with Gasteiger partial charge in [0.15, 0.2) is 0 Å². The van der Waals surface area contributed by atoms with Gasteiger partial charge >= 0.3 is 0 Å². The van der Waals surface area contributed by atoms with Crippen molar-refractivity contribution in [3.63, 3.8) is 0 Å². The second kappa shape index (κ2) is 9.92. The highest BCUT2D eigenvalue weighted by Crippen LogP contribution is 2.36. The fraction of sp³-hybridized carbons (Fsp3) is 0.304. The van der Waals surface area contributed by atoms with Crippen LogP contribution in [0.3, 0.4) is 0 Å². The van der Waals surface area contributed by atoms with Gasteiger partial charge in [-0.3, -0.25) is 0 Å². The third-order valence-corrected chi connectivity index (χ3v) is 8.82. The molecule has 0 saturated carbocycles. The normalized spacial score (nSPS) is 16.1. The number of fused-ring (bicyclic) bond motifs is 1. The molecule has 0 amide bonds. The molecule has 1 aromatic heterocycles. The molecule has 2 aromatic carbocycles. The standard InChI is InChI=1S/C23H23Cl2NO3S2/c24-19-6-1-3-16(14-19)13-18-5-2-4-17-7-8-20(15-21(17)18)29-12-11-26-31(27,28)23-10-9-22(25)30-23/h1,3,6-10,14-15,18,26H,2,4-5,11-13H2. The fourth-order valence-electron chi connectivity index (χ4n) is 3.98. The van der Waals surface area contributed by atoms with Crippen molar-refractivity contribution in [1.29, 1.82) is 0 Å². The summed E-state index contributed by atoms with van der Waals surface area (Å²) in [5.74, 6) is 1.18. The highest BCUT2D eigenvalue weighted by molar-refractivity contribution is 7.91. The Morgan fingerprint density at radius 1 is 1.10 bits per heavy atom. The first kappa shape index (κ1) is 22.6. The number of hydrogen-bond donors (Lipinski definition) is 1. The lowest BCUT2D eigenvalue weighted by Gasteiger charge is -2.26. The highest BCUT2D eigenvalue weighted by Gasteiger charge is 2.21. The third-order valence-electron chi connectivity index (χ3n) is 5.40. The van der Waals surface area contributed by atoms with Gasteiger partial charge in [0.05, 0.1) is 4.34 Å². The first-order valence-corrected chi connectivity index (χ1v) is 13.2. The van der Waals surface area contributed by atoms with E-state index in [9.17, 15) is 8.42 Å². The second-order valence-electron chi connectivity index (χ2n) is 7.59. The van der Waals surface area contributed by atoms with Crippen molar-refractivity contribution in [2.45, 2.75) is 35.8 Å². The van der Waals surface area contributed by atoms with Crippen LogP contribution in [-0.2, 0) is 22.9 Å². The molecule has 0 saturated heterocycles. The van der Waals surface area contributed by atoms with Crippen LogP contribution in [0.25, 0.3) is 0 Å². The molecule has 1 aliphatic rings. The average Bonchev–Trinajstić information content (AvgIpc) is 3.19. The smallest absolute Gasteiger partial charge is 0.250 e. The minimum absolute atomic E-state index is 0.181. The van der Waals surface area contributed by atoms with Crippen LogP contribution >= 0.6 is 34.5 Å². The Bertz CT molecular complexity index is 1160. The molecule has 31 heavy (non-hydrogen) atoms. The Labute approximate surface area is 197 Å². The maximum atomic E-state index is 12.3. The zero-order valence-corrected chi connectivity index (χ0v) is 20.0. The van der Waals surface area contributed by atoms with Gasteiger partial charge in [-0.05, 0) is 84.7 Å². The summed E-state index contributed by atoms with van der Waals surface area (Å²) in [5, 5.41) is 0.762. The van der Waals surface area contributed by atoms with Crippen LogP contribution in [-0.4, -0.2) is 21.6 Å². The van der Waals surface area contributed by atoms with E-state index in [1.165, 1.54) is 29.2 Å². The van der Waals surface area contributed by atoms with Gasteiger partial charge in [0.2, 0.25) is 10.0 Å². The third kappa shape index (κ3) is 5.82. The van der Waals surface area contributed by atoms with E-state index < -0.39 is 10.0 Å². The molecule has 0 radical (unpaired) electrons. The molecular formula is C23H23Cl2NO3S2. The number of sulfonamides is 1. The van der Waals surface area contributed by atoms with Gasteiger partial charge in [0.25, 0.3) is 0 Å². The van der Waals surface area contributed by atoms with E-state index in [1.54, 1.807) is 6.07 Å². The largest absolute Gasteiger partial charge is 0.492 e. The van der Waals surface area contributed by atoms with E-state index in [2.05, 4.69) is 22.9 Å². The van der Waals surface area contributed by atoms with Gasteiger partial charge in [-0.1, -0.05) is 41.4 Å². The molecule has 4 rings (SSSR count). The van der Waals surface area contributed by atoms with Crippen LogP contribution in [0.4, 0.5) is 0 Å². The van der Waals surface area contributed by atoms with Gasteiger partial charge in [-0.15, -0.1) is 11.3 Å². The molecule has 8 heteroatoms. The van der Waals surface area contributed by atoms with Gasteiger partial charge in [0.1, 0.15) is 16.6 Å². The Kier molecular flexibility index (Phi) is 7.24. The van der Waals surface area contributed by atoms with Crippen molar-refractivity contribution >= 4 is 44.6 Å². The van der Waals surface area contributed by atoms with Crippen LogP contribution < -0.4 is 9.46 Å². The number of benzene rings is 2. The SMILES string of the molecule is O=S(=O)(NCCOc1ccc2c(c1)C(Cc1cccc(Cl)c1)CCC2)c1ccc(Cl)s1. The molecule has 0 bridgehead atoms. The minimum atomic E-state index is -3.56. The number of thiophene rings is 1. The molecular weight excluding hydrogens is 473 g/mol. The molecule has 1 unspecified atom stereocenters. The predicted octanol–water partition coefficient (Wildman–Crippen LogP) is 6.07. The fourth-order valence-corrected chi connectivity index (χ4v) is 6.74. The van der Waals surface area contributed by atoms with Crippen molar-refractivity contribution in [2.24, 2.45) is 0 Å². The van der Waals surface area contributed by atoms with Crippen LogP contribution in [0.2, 0.25) is 9.36 Å². The minimum Gasteiger partial charge on any atom is -0.492 e. The molecule has 4 nitrogen and oxygen atoms in total. The number of hydrogen-bond acceptors (Lipinski definition) is 4. The molecule has 1 N–H and O–H groups in total. The Morgan fingerprint density at radius 2 is 1.97 bits per heavy atom. The first-order chi connectivity index (χ1) is 14.9. The Balaban J connectivity index is 1.38. The van der Waals surface area contributed by atoms with Gasteiger partial charge in [-0.25, -0.2) is 13.1 Å². The van der Waals surface area contributed by atoms with Crippen molar-refractivity contribution in [3.8, 4) is 5.75 Å². The van der Waals surface area contributed by atoms with Crippen LogP contribution in [0.1, 0.15) is 35.4 Å². The molecule has 1 aliphatic carbocycles. The predicted molar refractivity (Wildman–Crippen MR) is 127 cm³/mol. The van der Waals surface area contributed by atoms with Crippen molar-refractivity contribution in [3.05, 3.63) is 80.6 Å². The summed E-state index contributed by atoms with van der Waals surface area (Å²) in [4.78, 5) is 0. The number of rotatable bonds is 8. The lowest BCUT2D eigenvalue weighted by molar-refractivity contribution is 0.322. The summed E-state index contributed by atoms with van der Waals surface area (Å²) in [6.45, 7) is 0.428. The van der Waals surface area contributed by atoms with E-state index in [1.807, 2.05) is 24.3 Å². The molecule has 0 aliphatic heterocycles. The van der Waals surface area contributed by atoms with E-state index in [0.717, 1.165) is 41.4 Å². The Hall–Kier alpha value is -1.57. The molecule has 1 heterocycles. The average molecular weight is 496 g/mol. The summed E-state index contributed by atoms with van der Waals surface area (Å²) in [6.07, 6.45) is 4.32. The molecule has 164 valence electrons. The summed E-state index contributed by atoms with van der Waals surface area (Å²) in [7, 11) is -3.56. The second-order valence-corrected chi connectivity index (χ2v) is 11.7. The maximum Gasteiger partial charge on any atom is 0.250 e. The van der Waals surface area contributed by atoms with Crippen molar-refractivity contribution in [2.75, 3.05) is 13.2 Å². The first-order valence-electron chi connectivity index (χ1n) is 10.2. The molecule has 1 atom stereocenters. The van der Waals surface area contributed by atoms with E-state index in [-0.39, 0.29) is 17.4 Å². The van der Waals surface area contributed by atoms with Crippen LogP contribution in [0, 0.1) is 0 Å². The monoisotopic (exact) mass is 495 g/mol. The van der Waals surface area contributed by atoms with Crippen molar-refractivity contribution in [1.82, 2.24) is 4.72 Å². The summed E-state index contributed by atoms with van der Waals surface area (Å²) >= 11 is 13.0. The van der Waals surface area contributed by atoms with Gasteiger partial charge < -0.3 is 4.74 Å². The van der Waals surface area contributed by atoms with Gasteiger partial charge in [0, 0.05) is 11.6 Å². The zero-order chi connectivity index (χ0) is 21.8. The summed E-state index contributed by atoms with van der Waals surface area (Å²) in [6, 6.07) is 17.3. The topological polar surface area (TPSA) is 55.4 Å².